The first-order chi connectivity index (χ1) is 9.61. The average molecular weight is 282 g/mol. The van der Waals surface area contributed by atoms with Crippen molar-refractivity contribution in [2.45, 2.75) is 25.0 Å². The molecule has 20 heavy (non-hydrogen) atoms. The lowest BCUT2D eigenvalue weighted by molar-refractivity contribution is -0.146. The van der Waals surface area contributed by atoms with Gasteiger partial charge in [0.2, 0.25) is 0 Å². The third kappa shape index (κ3) is 3.40. The molecule has 6 nitrogen and oxygen atoms in total. The molecule has 1 aliphatic rings. The number of benzene rings is 1. The number of aliphatic hydroxyl groups is 1. The Morgan fingerprint density at radius 2 is 2.05 bits per heavy atom. The molecular formula is C14H18O6. The van der Waals surface area contributed by atoms with Crippen molar-refractivity contribution in [1.29, 1.82) is 0 Å². The number of hydrogen-bond donors (Lipinski definition) is 2. The quantitative estimate of drug-likeness (QED) is 0.848. The van der Waals surface area contributed by atoms with Gasteiger partial charge in [-0.25, -0.2) is 4.79 Å². The van der Waals surface area contributed by atoms with E-state index in [1.54, 1.807) is 6.07 Å². The third-order valence-electron chi connectivity index (χ3n) is 3.20. The average Bonchev–Trinajstić information content (AvgIpc) is 2.47. The zero-order valence-corrected chi connectivity index (χ0v) is 11.2. The smallest absolute Gasteiger partial charge is 0.337 e. The van der Waals surface area contributed by atoms with Crippen molar-refractivity contribution in [1.82, 2.24) is 0 Å². The summed E-state index contributed by atoms with van der Waals surface area (Å²) in [4.78, 5) is 10.8. The topological polar surface area (TPSA) is 85.2 Å². The Labute approximate surface area is 116 Å². The fraction of sp³-hybridized carbons (Fsp3) is 0.500. The van der Waals surface area contributed by atoms with Crippen LogP contribution in [0, 0.1) is 0 Å². The van der Waals surface area contributed by atoms with E-state index in [-0.39, 0.29) is 11.7 Å². The van der Waals surface area contributed by atoms with E-state index in [1.807, 2.05) is 0 Å². The molecular weight excluding hydrogens is 264 g/mol. The molecule has 0 spiro atoms. The van der Waals surface area contributed by atoms with Crippen molar-refractivity contribution in [2.24, 2.45) is 0 Å². The summed E-state index contributed by atoms with van der Waals surface area (Å²) in [5.74, 6) is -0.345. The first-order valence-corrected chi connectivity index (χ1v) is 6.45. The minimum atomic E-state index is -1.57. The van der Waals surface area contributed by atoms with Gasteiger partial charge in [0.25, 0.3) is 0 Å². The number of carboxylic acids is 1. The van der Waals surface area contributed by atoms with Crippen LogP contribution in [-0.2, 0) is 9.53 Å². The molecule has 1 atom stereocenters. The predicted octanol–water partition coefficient (Wildman–Crippen LogP) is 1.37. The Hall–Kier alpha value is -1.79. The summed E-state index contributed by atoms with van der Waals surface area (Å²) >= 11 is 0. The molecule has 2 N–H and O–H groups in total. The number of carboxylic acid groups (broad SMARTS) is 1. The minimum absolute atomic E-state index is 0.00914. The summed E-state index contributed by atoms with van der Waals surface area (Å²) in [6.45, 7) is 1.29. The summed E-state index contributed by atoms with van der Waals surface area (Å²) in [7, 11) is 1.51. The maximum atomic E-state index is 10.8. The number of aliphatic carboxylic acids is 1. The van der Waals surface area contributed by atoms with Crippen molar-refractivity contribution in [3.8, 4) is 11.5 Å². The van der Waals surface area contributed by atoms with Crippen LogP contribution in [0.4, 0.5) is 0 Å². The number of aliphatic hydroxyl groups excluding tert-OH is 1. The highest BCUT2D eigenvalue weighted by atomic mass is 16.5. The van der Waals surface area contributed by atoms with Gasteiger partial charge in [0, 0.05) is 12.8 Å². The van der Waals surface area contributed by atoms with E-state index in [2.05, 4.69) is 0 Å². The van der Waals surface area contributed by atoms with E-state index in [1.165, 1.54) is 19.2 Å². The molecule has 0 aliphatic carbocycles. The lowest BCUT2D eigenvalue weighted by atomic mass is 10.1. The Morgan fingerprint density at radius 1 is 1.35 bits per heavy atom. The number of carbonyl (C=O) groups is 1. The first-order valence-electron chi connectivity index (χ1n) is 6.45. The van der Waals surface area contributed by atoms with Gasteiger partial charge in [0.15, 0.2) is 17.6 Å². The molecule has 0 radical (unpaired) electrons. The van der Waals surface area contributed by atoms with Gasteiger partial charge in [0.05, 0.1) is 20.3 Å². The SMILES string of the molecule is COc1ccc(C(O)C(=O)O)cc1OC1CCOCC1. The maximum absolute atomic E-state index is 10.8. The molecule has 0 saturated carbocycles. The van der Waals surface area contributed by atoms with Gasteiger partial charge < -0.3 is 24.4 Å². The van der Waals surface area contributed by atoms with Crippen LogP contribution in [0.25, 0.3) is 0 Å². The standard InChI is InChI=1S/C14H18O6/c1-18-11-3-2-9(13(15)14(16)17)8-12(11)20-10-4-6-19-7-5-10/h2-3,8,10,13,15H,4-7H2,1H3,(H,16,17). The maximum Gasteiger partial charge on any atom is 0.337 e. The third-order valence-corrected chi connectivity index (χ3v) is 3.20. The van der Waals surface area contributed by atoms with Crippen LogP contribution < -0.4 is 9.47 Å². The zero-order valence-electron chi connectivity index (χ0n) is 11.2. The summed E-state index contributed by atoms with van der Waals surface area (Å²) in [6, 6.07) is 4.61. The Kier molecular flexibility index (Phi) is 4.81. The monoisotopic (exact) mass is 282 g/mol. The highest BCUT2D eigenvalue weighted by Crippen LogP contribution is 2.32. The number of methoxy groups -OCH3 is 1. The van der Waals surface area contributed by atoms with Crippen LogP contribution in [0.1, 0.15) is 24.5 Å². The van der Waals surface area contributed by atoms with E-state index in [4.69, 9.17) is 19.3 Å². The summed E-state index contributed by atoms with van der Waals surface area (Å²) in [5, 5.41) is 18.4. The number of rotatable bonds is 5. The van der Waals surface area contributed by atoms with Crippen LogP contribution in [0.2, 0.25) is 0 Å². The van der Waals surface area contributed by atoms with Gasteiger partial charge in [-0.1, -0.05) is 6.07 Å². The van der Waals surface area contributed by atoms with Gasteiger partial charge >= 0.3 is 5.97 Å². The molecule has 0 amide bonds. The Bertz CT molecular complexity index is 467. The molecule has 6 heteroatoms. The molecule has 1 saturated heterocycles. The Morgan fingerprint density at radius 3 is 2.65 bits per heavy atom. The van der Waals surface area contributed by atoms with E-state index in [9.17, 15) is 9.90 Å². The van der Waals surface area contributed by atoms with Crippen molar-refractivity contribution >= 4 is 5.97 Å². The van der Waals surface area contributed by atoms with Crippen LogP contribution in [0.3, 0.4) is 0 Å². The predicted molar refractivity (Wildman–Crippen MR) is 70.1 cm³/mol. The highest BCUT2D eigenvalue weighted by Gasteiger charge is 2.21. The second kappa shape index (κ2) is 6.58. The van der Waals surface area contributed by atoms with Crippen LogP contribution in [-0.4, -0.2) is 42.6 Å². The molecule has 1 fully saturated rings. The first kappa shape index (κ1) is 14.6. The lowest BCUT2D eigenvalue weighted by Crippen LogP contribution is -2.26. The van der Waals surface area contributed by atoms with Crippen LogP contribution in [0.5, 0.6) is 11.5 Å². The molecule has 2 rings (SSSR count). The molecule has 1 heterocycles. The summed E-state index contributed by atoms with van der Waals surface area (Å²) in [6.07, 6.45) is -0.0168. The zero-order chi connectivity index (χ0) is 14.5. The Balaban J connectivity index is 2.19. The van der Waals surface area contributed by atoms with E-state index in [0.29, 0.717) is 24.7 Å². The van der Waals surface area contributed by atoms with E-state index in [0.717, 1.165) is 12.8 Å². The highest BCUT2D eigenvalue weighted by molar-refractivity contribution is 5.74. The molecule has 1 aromatic carbocycles. The fourth-order valence-corrected chi connectivity index (χ4v) is 2.07. The minimum Gasteiger partial charge on any atom is -0.493 e. The summed E-state index contributed by atoms with van der Waals surface area (Å²) < 4.78 is 16.3. The van der Waals surface area contributed by atoms with Crippen LogP contribution in [0.15, 0.2) is 18.2 Å². The van der Waals surface area contributed by atoms with Gasteiger partial charge in [-0.2, -0.15) is 0 Å². The second-order valence-corrected chi connectivity index (χ2v) is 4.58. The lowest BCUT2D eigenvalue weighted by Gasteiger charge is -2.24. The van der Waals surface area contributed by atoms with Gasteiger partial charge in [-0.05, 0) is 17.7 Å². The van der Waals surface area contributed by atoms with E-state index < -0.39 is 12.1 Å². The molecule has 0 aromatic heterocycles. The van der Waals surface area contributed by atoms with Crippen molar-refractivity contribution in [2.75, 3.05) is 20.3 Å². The molecule has 110 valence electrons. The molecule has 0 bridgehead atoms. The fourth-order valence-electron chi connectivity index (χ4n) is 2.07. The largest absolute Gasteiger partial charge is 0.493 e. The normalized spacial score (nSPS) is 17.5. The summed E-state index contributed by atoms with van der Waals surface area (Å²) in [5.41, 5.74) is 0.264. The van der Waals surface area contributed by atoms with Crippen molar-refractivity contribution in [3.05, 3.63) is 23.8 Å². The van der Waals surface area contributed by atoms with Gasteiger partial charge in [-0.3, -0.25) is 0 Å². The number of hydrogen-bond acceptors (Lipinski definition) is 5. The molecule has 1 aromatic rings. The van der Waals surface area contributed by atoms with E-state index >= 15 is 0 Å². The van der Waals surface area contributed by atoms with Gasteiger partial charge in [0.1, 0.15) is 6.10 Å². The van der Waals surface area contributed by atoms with Crippen molar-refractivity contribution in [3.63, 3.8) is 0 Å². The van der Waals surface area contributed by atoms with Gasteiger partial charge in [-0.15, -0.1) is 0 Å². The molecule has 1 aliphatic heterocycles. The second-order valence-electron chi connectivity index (χ2n) is 4.58. The van der Waals surface area contributed by atoms with Crippen molar-refractivity contribution < 1.29 is 29.2 Å². The number of ether oxygens (including phenoxy) is 3. The van der Waals surface area contributed by atoms with Crippen LogP contribution >= 0.6 is 0 Å². The molecule has 1 unspecified atom stereocenters.